The lowest BCUT2D eigenvalue weighted by atomic mass is 9.85. The van der Waals surface area contributed by atoms with E-state index in [0.717, 1.165) is 32.7 Å². The van der Waals surface area contributed by atoms with Crippen LogP contribution in [0.3, 0.4) is 0 Å². The molecule has 1 aliphatic rings. The van der Waals surface area contributed by atoms with Crippen molar-refractivity contribution >= 4 is 44.4 Å². The number of amides is 2. The second kappa shape index (κ2) is 12.3. The summed E-state index contributed by atoms with van der Waals surface area (Å²) >= 11 is 0. The molecule has 1 aromatic heterocycles. The molecule has 0 saturated carbocycles. The van der Waals surface area contributed by atoms with Gasteiger partial charge in [0.2, 0.25) is 15.9 Å². The molecule has 2 heterocycles. The molecule has 2 atom stereocenters. The number of halogens is 3. The predicted molar refractivity (Wildman–Crippen MR) is 144 cm³/mol. The summed E-state index contributed by atoms with van der Waals surface area (Å²) in [6, 6.07) is 16.0. The molecule has 1 unspecified atom stereocenters. The molecular weight excluding hydrogens is 581 g/mol. The van der Waals surface area contributed by atoms with E-state index in [2.05, 4.69) is 15.1 Å². The van der Waals surface area contributed by atoms with Crippen molar-refractivity contribution in [1.82, 2.24) is 14.8 Å². The lowest BCUT2D eigenvalue weighted by Crippen LogP contribution is -2.52. The van der Waals surface area contributed by atoms with Crippen molar-refractivity contribution in [2.75, 3.05) is 24.7 Å². The van der Waals surface area contributed by atoms with Gasteiger partial charge in [0.15, 0.2) is 0 Å². The van der Waals surface area contributed by atoms with Crippen molar-refractivity contribution in [3.05, 3.63) is 65.9 Å². The summed E-state index contributed by atoms with van der Waals surface area (Å²) in [4.78, 5) is 45.0. The van der Waals surface area contributed by atoms with E-state index < -0.39 is 52.4 Å². The minimum absolute atomic E-state index is 0.0982. The summed E-state index contributed by atoms with van der Waals surface area (Å²) in [5.41, 5.74) is 4.38. The third-order valence-electron chi connectivity index (χ3n) is 6.64. The number of hydroxylamine groups is 1. The van der Waals surface area contributed by atoms with Gasteiger partial charge in [-0.2, -0.15) is 18.7 Å². The Morgan fingerprint density at radius 2 is 1.74 bits per heavy atom. The average Bonchev–Trinajstić information content (AvgIpc) is 2.93. The molecule has 0 spiro atoms. The summed E-state index contributed by atoms with van der Waals surface area (Å²) < 4.78 is 68.3. The third kappa shape index (κ3) is 7.53. The minimum atomic E-state index is -5.36. The third-order valence-corrected chi connectivity index (χ3v) is 7.91. The monoisotopic (exact) mass is 608 g/mol. The molecule has 15 heteroatoms. The fourth-order valence-corrected chi connectivity index (χ4v) is 5.45. The summed E-state index contributed by atoms with van der Waals surface area (Å²) in [5, 5.41) is 3.59. The predicted octanol–water partition coefficient (Wildman–Crippen LogP) is 3.10. The van der Waals surface area contributed by atoms with Gasteiger partial charge in [0.05, 0.1) is 23.6 Å². The highest BCUT2D eigenvalue weighted by Crippen LogP contribution is 2.28. The quantitative estimate of drug-likeness (QED) is 0.390. The first-order valence-corrected chi connectivity index (χ1v) is 14.5. The number of hydrogen-bond donors (Lipinski definition) is 2. The fourth-order valence-electron chi connectivity index (χ4n) is 4.58. The van der Waals surface area contributed by atoms with Crippen LogP contribution in [0.2, 0.25) is 0 Å². The number of nitrogens with one attached hydrogen (secondary N) is 2. The van der Waals surface area contributed by atoms with Crippen molar-refractivity contribution in [2.24, 2.45) is 11.8 Å². The molecule has 0 aliphatic carbocycles. The highest BCUT2D eigenvalue weighted by Gasteiger charge is 2.44. The number of aryl methyl sites for hydroxylation is 1. The summed E-state index contributed by atoms with van der Waals surface area (Å²) in [7, 11) is -3.78. The van der Waals surface area contributed by atoms with Crippen molar-refractivity contribution in [3.63, 3.8) is 0 Å². The minimum Gasteiger partial charge on any atom is -0.489 e. The number of alkyl halides is 3. The van der Waals surface area contributed by atoms with Gasteiger partial charge in [0, 0.05) is 35.4 Å². The molecule has 224 valence electrons. The molecular formula is C27H27F3N4O7S. The molecule has 1 aliphatic heterocycles. The van der Waals surface area contributed by atoms with E-state index in [4.69, 9.17) is 4.74 Å². The van der Waals surface area contributed by atoms with E-state index in [-0.39, 0.29) is 19.6 Å². The van der Waals surface area contributed by atoms with E-state index in [9.17, 15) is 36.0 Å². The van der Waals surface area contributed by atoms with Crippen LogP contribution < -0.4 is 15.5 Å². The summed E-state index contributed by atoms with van der Waals surface area (Å²) in [6.07, 6.45) is -4.57. The van der Waals surface area contributed by atoms with E-state index in [1.807, 2.05) is 37.3 Å². The van der Waals surface area contributed by atoms with Gasteiger partial charge in [0.25, 0.3) is 5.91 Å². The average molecular weight is 609 g/mol. The van der Waals surface area contributed by atoms with Gasteiger partial charge >= 0.3 is 12.1 Å². The lowest BCUT2D eigenvalue weighted by molar-refractivity contribution is -0.208. The van der Waals surface area contributed by atoms with Gasteiger partial charge < -0.3 is 14.9 Å². The van der Waals surface area contributed by atoms with Crippen LogP contribution in [-0.4, -0.2) is 61.0 Å². The van der Waals surface area contributed by atoms with E-state index in [0.29, 0.717) is 11.4 Å². The van der Waals surface area contributed by atoms with E-state index in [1.165, 1.54) is 5.48 Å². The number of sulfonamides is 1. The zero-order valence-electron chi connectivity index (χ0n) is 22.5. The second-order valence-corrected chi connectivity index (χ2v) is 11.7. The number of para-hydroxylation sites is 1. The maximum absolute atomic E-state index is 13.1. The lowest BCUT2D eigenvalue weighted by Gasteiger charge is -2.35. The smallest absolute Gasteiger partial charge is 0.489 e. The number of anilines is 1. The van der Waals surface area contributed by atoms with Crippen LogP contribution in [0, 0.1) is 18.8 Å². The number of carbonyl (C=O) groups excluding carboxylic acids is 3. The van der Waals surface area contributed by atoms with Crippen molar-refractivity contribution in [2.45, 2.75) is 26.1 Å². The largest absolute Gasteiger partial charge is 0.493 e. The Hall–Kier alpha value is -4.24. The Bertz CT molecular complexity index is 1600. The number of piperidine rings is 1. The first-order valence-electron chi connectivity index (χ1n) is 12.6. The van der Waals surface area contributed by atoms with Gasteiger partial charge in [-0.15, -0.1) is 0 Å². The Balaban J connectivity index is 1.42. The molecule has 4 rings (SSSR count). The normalized spacial score (nSPS) is 17.8. The first-order chi connectivity index (χ1) is 19.7. The van der Waals surface area contributed by atoms with Crippen molar-refractivity contribution in [1.29, 1.82) is 0 Å². The number of hydrogen-bond acceptors (Lipinski definition) is 8. The van der Waals surface area contributed by atoms with Gasteiger partial charge in [-0.3, -0.25) is 14.6 Å². The van der Waals surface area contributed by atoms with Gasteiger partial charge in [-0.05, 0) is 49.7 Å². The number of carbonyl (C=O) groups is 3. The van der Waals surface area contributed by atoms with Crippen molar-refractivity contribution < 1.29 is 45.5 Å². The number of rotatable bonds is 7. The molecule has 1 saturated heterocycles. The molecule has 1 fully saturated rings. The maximum atomic E-state index is 13.1. The number of nitrogens with zero attached hydrogens (tertiary/aromatic N) is 2. The molecule has 2 amide bonds. The van der Waals surface area contributed by atoms with Gasteiger partial charge in [0.1, 0.15) is 12.4 Å². The molecule has 2 N–H and O–H groups in total. The van der Waals surface area contributed by atoms with Crippen LogP contribution in [0.15, 0.2) is 54.6 Å². The number of fused-ring (bicyclic) bond motifs is 1. The first kappa shape index (κ1) is 30.7. The molecule has 0 bridgehead atoms. The SMILES string of the molecule is Cc1cc(COc2ccc(NC(=O)C3CCN(S(C)(=O)=O)C[C@@H]3C(=O)NOC(=O)C(F)(F)F)cc2)c2ccccc2n1. The van der Waals surface area contributed by atoms with Gasteiger partial charge in [-0.1, -0.05) is 18.2 Å². The maximum Gasteiger partial charge on any atom is 0.493 e. The van der Waals surface area contributed by atoms with E-state index >= 15 is 0 Å². The number of pyridine rings is 1. The molecule has 3 aromatic rings. The standard InChI is InChI=1S/C27H27F3N4O7S/c1-16-13-17(20-5-3-4-6-23(20)31-16)15-40-19-9-7-18(8-10-19)32-24(35)21-11-12-34(42(2,38)39)14-22(21)25(36)33-41-26(37)27(28,29)30/h3-10,13,21-22H,11-12,14-15H2,1-2H3,(H,32,35)(H,33,36)/t21?,22-/m0/s1. The molecule has 42 heavy (non-hydrogen) atoms. The summed E-state index contributed by atoms with van der Waals surface area (Å²) in [5.74, 6) is -6.64. The highest BCUT2D eigenvalue weighted by molar-refractivity contribution is 7.88. The van der Waals surface area contributed by atoms with Crippen molar-refractivity contribution in [3.8, 4) is 5.75 Å². The Morgan fingerprint density at radius 3 is 2.40 bits per heavy atom. The molecule has 2 aromatic carbocycles. The summed E-state index contributed by atoms with van der Waals surface area (Å²) in [6.45, 7) is 1.56. The molecule has 0 radical (unpaired) electrons. The second-order valence-electron chi connectivity index (χ2n) is 9.72. The number of aromatic nitrogens is 1. The van der Waals surface area contributed by atoms with Crippen LogP contribution in [0.1, 0.15) is 17.7 Å². The van der Waals surface area contributed by atoms with Crippen LogP contribution >= 0.6 is 0 Å². The van der Waals surface area contributed by atoms with Gasteiger partial charge in [-0.25, -0.2) is 17.5 Å². The Labute approximate surface area is 239 Å². The molecule has 11 nitrogen and oxygen atoms in total. The Kier molecular flexibility index (Phi) is 9.01. The number of ether oxygens (including phenoxy) is 1. The number of benzene rings is 2. The zero-order chi connectivity index (χ0) is 30.7. The zero-order valence-corrected chi connectivity index (χ0v) is 23.3. The van der Waals surface area contributed by atoms with Crippen LogP contribution in [0.25, 0.3) is 10.9 Å². The van der Waals surface area contributed by atoms with Crippen LogP contribution in [0.5, 0.6) is 5.75 Å². The van der Waals surface area contributed by atoms with E-state index in [1.54, 1.807) is 24.3 Å². The van der Waals surface area contributed by atoms with Crippen LogP contribution in [-0.2, 0) is 35.9 Å². The topological polar surface area (TPSA) is 144 Å². The highest BCUT2D eigenvalue weighted by atomic mass is 32.2. The Morgan fingerprint density at radius 1 is 1.05 bits per heavy atom. The van der Waals surface area contributed by atoms with Crippen LogP contribution in [0.4, 0.5) is 18.9 Å². The fraction of sp³-hybridized carbons (Fsp3) is 0.333.